The van der Waals surface area contributed by atoms with Crippen molar-refractivity contribution in [2.75, 3.05) is 19.8 Å². The summed E-state index contributed by atoms with van der Waals surface area (Å²) in [5, 5.41) is 0. The van der Waals surface area contributed by atoms with Crippen LogP contribution in [0, 0.1) is 5.92 Å². The molecular formula is C15H23NO2. The Morgan fingerprint density at radius 1 is 1.22 bits per heavy atom. The Balaban J connectivity index is 1.61. The number of ether oxygens (including phenoxy) is 2. The molecule has 1 unspecified atom stereocenters. The van der Waals surface area contributed by atoms with Crippen molar-refractivity contribution in [3.8, 4) is 5.75 Å². The Kier molecular flexibility index (Phi) is 5.49. The Bertz CT molecular complexity index is 323. The topological polar surface area (TPSA) is 44.5 Å². The van der Waals surface area contributed by atoms with E-state index in [-0.39, 0.29) is 6.04 Å². The molecule has 1 heterocycles. The van der Waals surface area contributed by atoms with Crippen molar-refractivity contribution in [2.45, 2.75) is 31.7 Å². The fraction of sp³-hybridized carbons (Fsp3) is 0.600. The predicted octanol–water partition coefficient (Wildman–Crippen LogP) is 2.60. The summed E-state index contributed by atoms with van der Waals surface area (Å²) in [5.74, 6) is 1.67. The van der Waals surface area contributed by atoms with E-state index >= 15 is 0 Å². The van der Waals surface area contributed by atoms with Crippen molar-refractivity contribution in [1.29, 1.82) is 0 Å². The third-order valence-corrected chi connectivity index (χ3v) is 3.48. The minimum Gasteiger partial charge on any atom is -0.494 e. The van der Waals surface area contributed by atoms with Gasteiger partial charge in [0.15, 0.2) is 0 Å². The summed E-state index contributed by atoms with van der Waals surface area (Å²) in [6.45, 7) is 2.50. The van der Waals surface area contributed by atoms with Crippen LogP contribution in [0.15, 0.2) is 30.3 Å². The number of para-hydroxylation sites is 1. The van der Waals surface area contributed by atoms with Gasteiger partial charge >= 0.3 is 0 Å². The molecule has 2 N–H and O–H groups in total. The fourth-order valence-electron chi connectivity index (χ4n) is 2.37. The SMILES string of the molecule is NC(CCOc1ccccc1)CC1CCOCC1. The minimum absolute atomic E-state index is 0.247. The third-order valence-electron chi connectivity index (χ3n) is 3.48. The number of hydrogen-bond acceptors (Lipinski definition) is 3. The first-order chi connectivity index (χ1) is 8.84. The van der Waals surface area contributed by atoms with Gasteiger partial charge in [0.1, 0.15) is 5.75 Å². The van der Waals surface area contributed by atoms with Crippen LogP contribution in [0.25, 0.3) is 0 Å². The summed E-state index contributed by atoms with van der Waals surface area (Å²) in [6, 6.07) is 10.2. The van der Waals surface area contributed by atoms with Gasteiger partial charge in [-0.2, -0.15) is 0 Å². The van der Waals surface area contributed by atoms with E-state index in [0.717, 1.165) is 50.6 Å². The zero-order valence-corrected chi connectivity index (χ0v) is 10.9. The summed E-state index contributed by atoms with van der Waals surface area (Å²) >= 11 is 0. The number of hydrogen-bond donors (Lipinski definition) is 1. The lowest BCUT2D eigenvalue weighted by atomic mass is 9.92. The highest BCUT2D eigenvalue weighted by Crippen LogP contribution is 2.20. The van der Waals surface area contributed by atoms with Crippen molar-refractivity contribution in [3.05, 3.63) is 30.3 Å². The van der Waals surface area contributed by atoms with Gasteiger partial charge in [-0.1, -0.05) is 18.2 Å². The number of benzene rings is 1. The standard InChI is InChI=1S/C15H23NO2/c16-14(12-13-6-9-17-10-7-13)8-11-18-15-4-2-1-3-5-15/h1-5,13-14H,6-12,16H2. The second-order valence-corrected chi connectivity index (χ2v) is 5.00. The second-order valence-electron chi connectivity index (χ2n) is 5.00. The van der Waals surface area contributed by atoms with E-state index in [2.05, 4.69) is 0 Å². The van der Waals surface area contributed by atoms with E-state index in [1.165, 1.54) is 0 Å². The molecule has 1 saturated heterocycles. The van der Waals surface area contributed by atoms with Crippen LogP contribution in [0.2, 0.25) is 0 Å². The maximum atomic E-state index is 6.15. The summed E-state index contributed by atoms with van der Waals surface area (Å²) in [7, 11) is 0. The molecule has 0 amide bonds. The van der Waals surface area contributed by atoms with Crippen molar-refractivity contribution >= 4 is 0 Å². The van der Waals surface area contributed by atoms with Crippen LogP contribution in [-0.4, -0.2) is 25.9 Å². The molecule has 0 bridgehead atoms. The van der Waals surface area contributed by atoms with E-state index in [0.29, 0.717) is 6.61 Å². The summed E-state index contributed by atoms with van der Waals surface area (Å²) in [5.41, 5.74) is 6.15. The molecule has 0 aliphatic carbocycles. The van der Waals surface area contributed by atoms with Crippen LogP contribution in [0.3, 0.4) is 0 Å². The molecule has 1 aromatic rings. The highest BCUT2D eigenvalue weighted by atomic mass is 16.5. The maximum absolute atomic E-state index is 6.15. The molecule has 1 fully saturated rings. The van der Waals surface area contributed by atoms with Crippen LogP contribution in [0.1, 0.15) is 25.7 Å². The van der Waals surface area contributed by atoms with Gasteiger partial charge in [-0.3, -0.25) is 0 Å². The summed E-state index contributed by atoms with van der Waals surface area (Å²) in [4.78, 5) is 0. The number of nitrogens with two attached hydrogens (primary N) is 1. The van der Waals surface area contributed by atoms with Gasteiger partial charge in [0, 0.05) is 19.3 Å². The minimum atomic E-state index is 0.247. The smallest absolute Gasteiger partial charge is 0.119 e. The van der Waals surface area contributed by atoms with Gasteiger partial charge in [-0.25, -0.2) is 0 Å². The Hall–Kier alpha value is -1.06. The maximum Gasteiger partial charge on any atom is 0.119 e. The van der Waals surface area contributed by atoms with E-state index in [1.54, 1.807) is 0 Å². The molecular weight excluding hydrogens is 226 g/mol. The zero-order valence-electron chi connectivity index (χ0n) is 10.9. The molecule has 18 heavy (non-hydrogen) atoms. The predicted molar refractivity (Wildman–Crippen MR) is 72.7 cm³/mol. The van der Waals surface area contributed by atoms with Gasteiger partial charge < -0.3 is 15.2 Å². The van der Waals surface area contributed by atoms with Crippen LogP contribution in [0.5, 0.6) is 5.75 Å². The third kappa shape index (κ3) is 4.67. The summed E-state index contributed by atoms with van der Waals surface area (Å²) < 4.78 is 11.0. The lowest BCUT2D eigenvalue weighted by Gasteiger charge is -2.24. The Morgan fingerprint density at radius 3 is 2.67 bits per heavy atom. The summed E-state index contributed by atoms with van der Waals surface area (Å²) in [6.07, 6.45) is 4.34. The quantitative estimate of drug-likeness (QED) is 0.843. The van der Waals surface area contributed by atoms with Crippen LogP contribution in [0.4, 0.5) is 0 Å². The largest absolute Gasteiger partial charge is 0.494 e. The average Bonchev–Trinajstić information content (AvgIpc) is 2.41. The van der Waals surface area contributed by atoms with Crippen molar-refractivity contribution in [3.63, 3.8) is 0 Å². The molecule has 3 heteroatoms. The normalized spacial score (nSPS) is 18.5. The van der Waals surface area contributed by atoms with Crippen LogP contribution >= 0.6 is 0 Å². The first-order valence-corrected chi connectivity index (χ1v) is 6.86. The molecule has 1 aromatic carbocycles. The van der Waals surface area contributed by atoms with Gasteiger partial charge in [0.2, 0.25) is 0 Å². The molecule has 0 saturated carbocycles. The first-order valence-electron chi connectivity index (χ1n) is 6.86. The molecule has 0 radical (unpaired) electrons. The Labute approximate surface area is 109 Å². The van der Waals surface area contributed by atoms with Gasteiger partial charge in [0.05, 0.1) is 6.61 Å². The Morgan fingerprint density at radius 2 is 1.94 bits per heavy atom. The van der Waals surface area contributed by atoms with E-state index in [1.807, 2.05) is 30.3 Å². The van der Waals surface area contributed by atoms with Crippen molar-refractivity contribution in [1.82, 2.24) is 0 Å². The average molecular weight is 249 g/mol. The highest BCUT2D eigenvalue weighted by Gasteiger charge is 2.16. The van der Waals surface area contributed by atoms with E-state index in [9.17, 15) is 0 Å². The first kappa shape index (κ1) is 13.4. The zero-order chi connectivity index (χ0) is 12.6. The number of rotatable bonds is 6. The second kappa shape index (κ2) is 7.39. The molecule has 0 spiro atoms. The lowest BCUT2D eigenvalue weighted by molar-refractivity contribution is 0.0611. The van der Waals surface area contributed by atoms with Gasteiger partial charge in [-0.15, -0.1) is 0 Å². The van der Waals surface area contributed by atoms with Crippen LogP contribution < -0.4 is 10.5 Å². The highest BCUT2D eigenvalue weighted by molar-refractivity contribution is 5.20. The fourth-order valence-corrected chi connectivity index (χ4v) is 2.37. The molecule has 1 aliphatic rings. The van der Waals surface area contributed by atoms with Crippen molar-refractivity contribution < 1.29 is 9.47 Å². The van der Waals surface area contributed by atoms with Gasteiger partial charge in [0.25, 0.3) is 0 Å². The van der Waals surface area contributed by atoms with E-state index in [4.69, 9.17) is 15.2 Å². The van der Waals surface area contributed by atoms with Crippen molar-refractivity contribution in [2.24, 2.45) is 11.7 Å². The molecule has 3 nitrogen and oxygen atoms in total. The van der Waals surface area contributed by atoms with E-state index < -0.39 is 0 Å². The molecule has 2 rings (SSSR count). The van der Waals surface area contributed by atoms with Crippen LogP contribution in [-0.2, 0) is 4.74 Å². The molecule has 1 atom stereocenters. The lowest BCUT2D eigenvalue weighted by Crippen LogP contribution is -2.28. The molecule has 100 valence electrons. The molecule has 0 aromatic heterocycles. The monoisotopic (exact) mass is 249 g/mol. The molecule has 1 aliphatic heterocycles. The van der Waals surface area contributed by atoms with Gasteiger partial charge in [-0.05, 0) is 43.7 Å².